The molecule has 35 heavy (non-hydrogen) atoms. The van der Waals surface area contributed by atoms with Gasteiger partial charge in [-0.2, -0.15) is 0 Å². The van der Waals surface area contributed by atoms with Gasteiger partial charge in [-0.1, -0.05) is 47.1 Å². The summed E-state index contributed by atoms with van der Waals surface area (Å²) in [5, 5.41) is 29.8. The van der Waals surface area contributed by atoms with Gasteiger partial charge in [0, 0.05) is 21.5 Å². The number of hydrogen-bond donors (Lipinski definition) is 1. The van der Waals surface area contributed by atoms with Crippen molar-refractivity contribution in [2.45, 2.75) is 21.9 Å². The van der Waals surface area contributed by atoms with Crippen LogP contribution < -0.4 is 0 Å². The molecular weight excluding hydrogens is 510 g/mol. The van der Waals surface area contributed by atoms with Crippen molar-refractivity contribution in [2.24, 2.45) is 0 Å². The second-order valence-corrected chi connectivity index (χ2v) is 9.74. The van der Waals surface area contributed by atoms with Crippen molar-refractivity contribution in [2.75, 3.05) is 0 Å². The molecule has 0 bridgehead atoms. The van der Waals surface area contributed by atoms with Crippen LogP contribution in [0.15, 0.2) is 91.1 Å². The predicted molar refractivity (Wildman–Crippen MR) is 135 cm³/mol. The molecule has 3 aromatic carbocycles. The van der Waals surface area contributed by atoms with E-state index >= 15 is 0 Å². The van der Waals surface area contributed by atoms with Gasteiger partial charge >= 0.3 is 5.97 Å². The van der Waals surface area contributed by atoms with Crippen LogP contribution in [0, 0.1) is 17.0 Å². The van der Waals surface area contributed by atoms with Crippen LogP contribution in [-0.4, -0.2) is 26.2 Å². The van der Waals surface area contributed by atoms with E-state index in [-0.39, 0.29) is 21.7 Å². The monoisotopic (exact) mass is 525 g/mol. The smallest absolute Gasteiger partial charge is 0.342 e. The van der Waals surface area contributed by atoms with Crippen LogP contribution in [0.25, 0.3) is 17.5 Å². The van der Waals surface area contributed by atoms with E-state index in [1.165, 1.54) is 23.9 Å². The molecular formula is C24H16ClN3O5S2. The Labute approximate surface area is 213 Å². The standard InChI is InChI=1S/C24H16ClN3O5S2/c1-14-2-9-18(10-3-14)34-20-11-4-15(12-19(20)28(31)32)13-21(23(29)30)35-24-27-26-22(33-24)16-5-7-17(25)8-6-16/h2-13H,1H3,(H,29,30)/b21-13+. The average molecular weight is 526 g/mol. The zero-order chi connectivity index (χ0) is 24.9. The Kier molecular flexibility index (Phi) is 7.54. The fraction of sp³-hybridized carbons (Fsp3) is 0.0417. The molecule has 0 aliphatic carbocycles. The lowest BCUT2D eigenvalue weighted by Crippen LogP contribution is -1.97. The van der Waals surface area contributed by atoms with Crippen LogP contribution >= 0.6 is 35.1 Å². The lowest BCUT2D eigenvalue weighted by atomic mass is 10.2. The molecule has 0 spiro atoms. The lowest BCUT2D eigenvalue weighted by molar-refractivity contribution is -0.387. The summed E-state index contributed by atoms with van der Waals surface area (Å²) >= 11 is 7.90. The van der Waals surface area contributed by atoms with Crippen molar-refractivity contribution < 1.29 is 19.2 Å². The number of halogens is 1. The summed E-state index contributed by atoms with van der Waals surface area (Å²) in [6.07, 6.45) is 1.33. The minimum atomic E-state index is -1.23. The normalized spacial score (nSPS) is 11.4. The van der Waals surface area contributed by atoms with Crippen LogP contribution in [0.3, 0.4) is 0 Å². The number of carboxylic acid groups (broad SMARTS) is 1. The number of carboxylic acids is 1. The second-order valence-electron chi connectivity index (χ2n) is 7.20. The first kappa shape index (κ1) is 24.5. The number of aromatic nitrogens is 2. The lowest BCUT2D eigenvalue weighted by Gasteiger charge is -2.05. The van der Waals surface area contributed by atoms with E-state index in [9.17, 15) is 20.0 Å². The summed E-state index contributed by atoms with van der Waals surface area (Å²) in [5.74, 6) is -1.02. The number of nitrogens with zero attached hydrogens (tertiary/aromatic N) is 3. The molecule has 0 saturated heterocycles. The van der Waals surface area contributed by atoms with E-state index in [1.54, 1.807) is 36.4 Å². The van der Waals surface area contributed by atoms with Crippen molar-refractivity contribution in [1.29, 1.82) is 0 Å². The Morgan fingerprint density at radius 2 is 1.80 bits per heavy atom. The Balaban J connectivity index is 1.58. The van der Waals surface area contributed by atoms with Gasteiger partial charge in [0.15, 0.2) is 0 Å². The quantitative estimate of drug-likeness (QED) is 0.112. The molecule has 0 amide bonds. The van der Waals surface area contributed by atoms with E-state index in [2.05, 4.69) is 10.2 Å². The van der Waals surface area contributed by atoms with Crippen molar-refractivity contribution in [3.05, 3.63) is 97.9 Å². The third-order valence-electron chi connectivity index (χ3n) is 4.63. The van der Waals surface area contributed by atoms with Gasteiger partial charge in [0.05, 0.1) is 9.82 Å². The molecule has 0 aliphatic heterocycles. The number of hydrogen-bond acceptors (Lipinski definition) is 8. The van der Waals surface area contributed by atoms with E-state index in [4.69, 9.17) is 16.0 Å². The Morgan fingerprint density at radius 1 is 1.09 bits per heavy atom. The van der Waals surface area contributed by atoms with E-state index in [0.717, 1.165) is 22.2 Å². The summed E-state index contributed by atoms with van der Waals surface area (Å²) in [6, 6.07) is 18.9. The van der Waals surface area contributed by atoms with Gasteiger partial charge in [0.25, 0.3) is 10.9 Å². The highest BCUT2D eigenvalue weighted by atomic mass is 35.5. The van der Waals surface area contributed by atoms with Gasteiger partial charge in [-0.3, -0.25) is 10.1 Å². The third kappa shape index (κ3) is 6.30. The number of aliphatic carboxylic acids is 1. The number of rotatable bonds is 8. The maximum atomic E-state index is 11.8. The van der Waals surface area contributed by atoms with Gasteiger partial charge in [-0.15, -0.1) is 10.2 Å². The molecule has 0 atom stereocenters. The molecule has 1 aromatic heterocycles. The molecule has 4 aromatic rings. The average Bonchev–Trinajstić information content (AvgIpc) is 3.30. The topological polar surface area (TPSA) is 119 Å². The van der Waals surface area contributed by atoms with Crippen LogP contribution in [0.5, 0.6) is 0 Å². The molecule has 1 N–H and O–H groups in total. The number of nitro benzene ring substituents is 1. The molecule has 0 fully saturated rings. The zero-order valence-corrected chi connectivity index (χ0v) is 20.4. The number of nitro groups is 1. The number of benzene rings is 3. The first-order valence-electron chi connectivity index (χ1n) is 10.0. The van der Waals surface area contributed by atoms with Crippen molar-refractivity contribution in [3.63, 3.8) is 0 Å². The number of thioether (sulfide) groups is 1. The Morgan fingerprint density at radius 3 is 2.46 bits per heavy atom. The van der Waals surface area contributed by atoms with E-state index in [0.29, 0.717) is 21.0 Å². The van der Waals surface area contributed by atoms with Gasteiger partial charge < -0.3 is 9.52 Å². The largest absolute Gasteiger partial charge is 0.477 e. The maximum absolute atomic E-state index is 11.8. The predicted octanol–water partition coefficient (Wildman–Crippen LogP) is 6.98. The van der Waals surface area contributed by atoms with Gasteiger partial charge in [-0.25, -0.2) is 4.79 Å². The van der Waals surface area contributed by atoms with Crippen molar-refractivity contribution in [1.82, 2.24) is 10.2 Å². The fourth-order valence-corrected chi connectivity index (χ4v) is 4.63. The molecule has 0 aliphatic rings. The highest BCUT2D eigenvalue weighted by molar-refractivity contribution is 8.03. The molecule has 1 heterocycles. The SMILES string of the molecule is Cc1ccc(Sc2ccc(/C=C(/Sc3nnc(-c4ccc(Cl)cc4)o3)C(=O)O)cc2[N+](=O)[O-])cc1. The Bertz CT molecular complexity index is 1420. The highest BCUT2D eigenvalue weighted by Gasteiger charge is 2.19. The molecule has 11 heteroatoms. The molecule has 4 rings (SSSR count). The third-order valence-corrected chi connectivity index (χ3v) is 6.81. The van der Waals surface area contributed by atoms with Gasteiger partial charge in [0.1, 0.15) is 4.91 Å². The van der Waals surface area contributed by atoms with E-state index < -0.39 is 10.9 Å². The molecule has 0 unspecified atom stereocenters. The maximum Gasteiger partial charge on any atom is 0.342 e. The Hall–Kier alpha value is -3.60. The van der Waals surface area contributed by atoms with Crippen LogP contribution in [0.4, 0.5) is 5.69 Å². The number of aryl methyl sites for hydroxylation is 1. The van der Waals surface area contributed by atoms with Crippen LogP contribution in [0.1, 0.15) is 11.1 Å². The van der Waals surface area contributed by atoms with Crippen LogP contribution in [0.2, 0.25) is 5.02 Å². The van der Waals surface area contributed by atoms with Gasteiger partial charge in [0.2, 0.25) is 5.89 Å². The number of carbonyl (C=O) groups is 1. The molecule has 8 nitrogen and oxygen atoms in total. The zero-order valence-electron chi connectivity index (χ0n) is 18.0. The summed E-state index contributed by atoms with van der Waals surface area (Å²) in [6.45, 7) is 1.96. The highest BCUT2D eigenvalue weighted by Crippen LogP contribution is 2.37. The summed E-state index contributed by atoms with van der Waals surface area (Å²) in [7, 11) is 0. The minimum Gasteiger partial charge on any atom is -0.477 e. The van der Waals surface area contributed by atoms with Crippen molar-refractivity contribution in [3.8, 4) is 11.5 Å². The van der Waals surface area contributed by atoms with Crippen LogP contribution in [-0.2, 0) is 4.79 Å². The first-order valence-corrected chi connectivity index (χ1v) is 12.0. The fourth-order valence-electron chi connectivity index (χ4n) is 2.93. The van der Waals surface area contributed by atoms with E-state index in [1.807, 2.05) is 31.2 Å². The first-order chi connectivity index (χ1) is 16.8. The second kappa shape index (κ2) is 10.8. The summed E-state index contributed by atoms with van der Waals surface area (Å²) in [5.41, 5.74) is 1.95. The van der Waals surface area contributed by atoms with Crippen molar-refractivity contribution >= 4 is 52.9 Å². The molecule has 0 saturated carbocycles. The summed E-state index contributed by atoms with van der Waals surface area (Å²) in [4.78, 5) is 24.2. The molecule has 0 radical (unpaired) electrons. The van der Waals surface area contributed by atoms with Gasteiger partial charge in [-0.05, 0) is 72.8 Å². The summed E-state index contributed by atoms with van der Waals surface area (Å²) < 4.78 is 5.57. The minimum absolute atomic E-state index is 0.0182. The molecule has 176 valence electrons.